The molecule has 0 atom stereocenters. The van der Waals surface area contributed by atoms with Crippen LogP contribution in [0.2, 0.25) is 0 Å². The first kappa shape index (κ1) is 21.9. The number of hydrogen-bond donors (Lipinski definition) is 1. The first-order valence-electron chi connectivity index (χ1n) is 10.5. The summed E-state index contributed by atoms with van der Waals surface area (Å²) < 4.78 is 14.9. The van der Waals surface area contributed by atoms with Gasteiger partial charge >= 0.3 is 0 Å². The number of ether oxygens (including phenoxy) is 2. The molecule has 168 valence electrons. The minimum Gasteiger partial charge on any atom is -0.493 e. The molecule has 0 aliphatic heterocycles. The maximum Gasteiger partial charge on any atom is 0.291 e. The highest BCUT2D eigenvalue weighted by Crippen LogP contribution is 2.28. The maximum absolute atomic E-state index is 12.8. The van der Waals surface area contributed by atoms with Crippen LogP contribution in [-0.2, 0) is 24.3 Å². The van der Waals surface area contributed by atoms with Crippen LogP contribution in [0.25, 0.3) is 15.7 Å². The molecule has 0 saturated carbocycles. The van der Waals surface area contributed by atoms with Gasteiger partial charge in [0.25, 0.3) is 5.56 Å². The van der Waals surface area contributed by atoms with Crippen LogP contribution < -0.4 is 20.3 Å². The Kier molecular flexibility index (Phi) is 6.45. The molecule has 8 nitrogen and oxygen atoms in total. The molecule has 4 rings (SSSR count). The maximum atomic E-state index is 12.8. The van der Waals surface area contributed by atoms with E-state index < -0.39 is 0 Å². The summed E-state index contributed by atoms with van der Waals surface area (Å²) in [5.74, 6) is 1.19. The highest BCUT2D eigenvalue weighted by Gasteiger charge is 2.12. The molecule has 0 saturated heterocycles. The Morgan fingerprint density at radius 1 is 1.12 bits per heavy atom. The molecule has 1 N–H and O–H groups in total. The smallest absolute Gasteiger partial charge is 0.291 e. The number of aryl methyl sites for hydroxylation is 2. The fraction of sp³-hybridized carbons (Fsp3) is 0.348. The molecule has 0 spiro atoms. The molecule has 0 fully saturated rings. The average Bonchev–Trinajstić information content (AvgIpc) is 3.37. The van der Waals surface area contributed by atoms with Crippen molar-refractivity contribution in [2.75, 3.05) is 14.2 Å². The van der Waals surface area contributed by atoms with E-state index in [1.54, 1.807) is 31.9 Å². The molecular formula is C23H26N4O4S. The molecule has 4 aromatic rings. The molecule has 1 aromatic carbocycles. The van der Waals surface area contributed by atoms with Gasteiger partial charge in [0.2, 0.25) is 5.91 Å². The lowest BCUT2D eigenvalue weighted by Crippen LogP contribution is -2.26. The lowest BCUT2D eigenvalue weighted by atomic mass is 10.2. The summed E-state index contributed by atoms with van der Waals surface area (Å²) in [6, 6.07) is 9.57. The highest BCUT2D eigenvalue weighted by atomic mass is 32.1. The van der Waals surface area contributed by atoms with Crippen molar-refractivity contribution in [1.29, 1.82) is 0 Å². The van der Waals surface area contributed by atoms with Gasteiger partial charge in [0.1, 0.15) is 11.8 Å². The molecule has 0 bridgehead atoms. The van der Waals surface area contributed by atoms with Crippen molar-refractivity contribution in [3.05, 3.63) is 57.5 Å². The summed E-state index contributed by atoms with van der Waals surface area (Å²) in [4.78, 5) is 26.3. The number of amides is 1. The van der Waals surface area contributed by atoms with Gasteiger partial charge in [-0.05, 0) is 42.7 Å². The Labute approximate surface area is 189 Å². The summed E-state index contributed by atoms with van der Waals surface area (Å²) in [6.45, 7) is 2.90. The van der Waals surface area contributed by atoms with Gasteiger partial charge in [-0.2, -0.15) is 5.10 Å². The van der Waals surface area contributed by atoms with Gasteiger partial charge in [0, 0.05) is 24.4 Å². The molecular weight excluding hydrogens is 428 g/mol. The first-order chi connectivity index (χ1) is 15.5. The van der Waals surface area contributed by atoms with Crippen LogP contribution in [-0.4, -0.2) is 34.3 Å². The molecule has 9 heteroatoms. The number of carbonyl (C=O) groups is 1. The number of nitrogens with one attached hydrogen (secondary N) is 1. The van der Waals surface area contributed by atoms with Gasteiger partial charge in [-0.1, -0.05) is 13.0 Å². The zero-order valence-electron chi connectivity index (χ0n) is 18.4. The van der Waals surface area contributed by atoms with E-state index in [0.717, 1.165) is 22.2 Å². The second-order valence-corrected chi connectivity index (χ2v) is 8.61. The summed E-state index contributed by atoms with van der Waals surface area (Å²) in [5.41, 5.74) is 2.41. The number of thiophene rings is 1. The van der Waals surface area contributed by atoms with E-state index in [4.69, 9.17) is 9.47 Å². The fourth-order valence-electron chi connectivity index (χ4n) is 3.65. The number of aromatic nitrogens is 3. The number of rotatable bonds is 9. The molecule has 0 aliphatic carbocycles. The van der Waals surface area contributed by atoms with Gasteiger partial charge in [0.05, 0.1) is 24.4 Å². The summed E-state index contributed by atoms with van der Waals surface area (Å²) >= 11 is 1.70. The van der Waals surface area contributed by atoms with E-state index in [-0.39, 0.29) is 11.5 Å². The molecule has 0 unspecified atom stereocenters. The van der Waals surface area contributed by atoms with Crippen LogP contribution in [0.3, 0.4) is 0 Å². The second-order valence-electron chi connectivity index (χ2n) is 7.44. The lowest BCUT2D eigenvalue weighted by Gasteiger charge is -2.10. The van der Waals surface area contributed by atoms with Crippen molar-refractivity contribution < 1.29 is 14.3 Å². The predicted molar refractivity (Wildman–Crippen MR) is 125 cm³/mol. The van der Waals surface area contributed by atoms with Crippen LogP contribution in [0.15, 0.2) is 41.5 Å². The number of carbonyl (C=O) groups excluding carboxylic acids is 1. The molecule has 0 aliphatic rings. The third-order valence-corrected chi connectivity index (χ3v) is 6.61. The van der Waals surface area contributed by atoms with E-state index >= 15 is 0 Å². The minimum absolute atomic E-state index is 0.0794. The van der Waals surface area contributed by atoms with Crippen molar-refractivity contribution in [1.82, 2.24) is 19.5 Å². The van der Waals surface area contributed by atoms with Crippen LogP contribution >= 0.6 is 11.3 Å². The Balaban J connectivity index is 1.34. The normalized spacial score (nSPS) is 11.2. The second kappa shape index (κ2) is 9.44. The van der Waals surface area contributed by atoms with E-state index in [1.807, 2.05) is 28.7 Å². The number of nitrogens with zero attached hydrogens (tertiary/aromatic N) is 3. The number of hydrogen-bond acceptors (Lipinski definition) is 6. The van der Waals surface area contributed by atoms with Gasteiger partial charge < -0.3 is 14.8 Å². The van der Waals surface area contributed by atoms with Crippen LogP contribution in [0.4, 0.5) is 0 Å². The van der Waals surface area contributed by atoms with E-state index in [1.165, 1.54) is 9.56 Å². The number of fused-ring (bicyclic) bond motifs is 3. The average molecular weight is 455 g/mol. The SMILES string of the molecule is CCc1cc2c(cc3c(=O)n(CCCC(=O)NCc4ccc(OC)c(OC)c4)ncn32)s1. The quantitative estimate of drug-likeness (QED) is 0.419. The molecule has 32 heavy (non-hydrogen) atoms. The zero-order chi connectivity index (χ0) is 22.7. The van der Waals surface area contributed by atoms with Crippen LogP contribution in [0, 0.1) is 0 Å². The van der Waals surface area contributed by atoms with E-state index in [9.17, 15) is 9.59 Å². The number of methoxy groups -OCH3 is 2. The summed E-state index contributed by atoms with van der Waals surface area (Å²) in [5, 5.41) is 7.20. The van der Waals surface area contributed by atoms with E-state index in [0.29, 0.717) is 42.9 Å². The zero-order valence-corrected chi connectivity index (χ0v) is 19.2. The van der Waals surface area contributed by atoms with Gasteiger partial charge in [-0.15, -0.1) is 11.3 Å². The lowest BCUT2D eigenvalue weighted by molar-refractivity contribution is -0.121. The highest BCUT2D eigenvalue weighted by molar-refractivity contribution is 7.19. The van der Waals surface area contributed by atoms with Gasteiger partial charge in [-0.3, -0.25) is 14.0 Å². The fourth-order valence-corrected chi connectivity index (χ4v) is 4.68. The molecule has 0 radical (unpaired) electrons. The Morgan fingerprint density at radius 2 is 1.94 bits per heavy atom. The van der Waals surface area contributed by atoms with Crippen molar-refractivity contribution in [3.8, 4) is 11.5 Å². The summed E-state index contributed by atoms with van der Waals surface area (Å²) in [7, 11) is 3.16. The number of benzene rings is 1. The topological polar surface area (TPSA) is 86.9 Å². The molecule has 3 aromatic heterocycles. The Bertz CT molecular complexity index is 1320. The van der Waals surface area contributed by atoms with E-state index in [2.05, 4.69) is 23.4 Å². The van der Waals surface area contributed by atoms with Crippen LogP contribution in [0.1, 0.15) is 30.2 Å². The largest absolute Gasteiger partial charge is 0.493 e. The monoisotopic (exact) mass is 454 g/mol. The van der Waals surface area contributed by atoms with Crippen molar-refractivity contribution in [2.24, 2.45) is 0 Å². The third kappa shape index (κ3) is 4.34. The standard InChI is InChI=1S/C23H26N4O4S/c1-4-16-11-17-21(32-16)12-18-23(29)27(25-14-26(17)18)9-5-6-22(28)24-13-15-7-8-19(30-2)20(10-15)31-3/h7-8,10-12,14H,4-6,9,13H2,1-3H3,(H,24,28). The van der Waals surface area contributed by atoms with Crippen molar-refractivity contribution in [3.63, 3.8) is 0 Å². The predicted octanol–water partition coefficient (Wildman–Crippen LogP) is 3.39. The molecule has 3 heterocycles. The minimum atomic E-state index is -0.139. The Hall–Kier alpha value is -3.33. The third-order valence-electron chi connectivity index (χ3n) is 5.40. The van der Waals surface area contributed by atoms with Crippen LogP contribution in [0.5, 0.6) is 11.5 Å². The summed E-state index contributed by atoms with van der Waals surface area (Å²) in [6.07, 6.45) is 3.49. The van der Waals surface area contributed by atoms with Crippen molar-refractivity contribution in [2.45, 2.75) is 39.3 Å². The Morgan fingerprint density at radius 3 is 2.69 bits per heavy atom. The first-order valence-corrected chi connectivity index (χ1v) is 11.3. The molecule has 1 amide bonds. The van der Waals surface area contributed by atoms with Gasteiger partial charge in [0.15, 0.2) is 11.5 Å². The van der Waals surface area contributed by atoms with Crippen molar-refractivity contribution >= 4 is 33.0 Å². The van der Waals surface area contributed by atoms with Gasteiger partial charge in [-0.25, -0.2) is 4.68 Å².